The van der Waals surface area contributed by atoms with E-state index in [1.54, 1.807) is 6.07 Å². The molecule has 0 spiro atoms. The van der Waals surface area contributed by atoms with Gasteiger partial charge in [-0.3, -0.25) is 0 Å². The fourth-order valence-corrected chi connectivity index (χ4v) is 2.38. The lowest BCUT2D eigenvalue weighted by Gasteiger charge is -2.12. The number of nitriles is 1. The fraction of sp³-hybridized carbons (Fsp3) is 0.500. The molecule has 1 aromatic rings. The highest BCUT2D eigenvalue weighted by atomic mass is 19.1. The van der Waals surface area contributed by atoms with Crippen LogP contribution in [0.25, 0.3) is 0 Å². The van der Waals surface area contributed by atoms with Crippen molar-refractivity contribution in [1.82, 2.24) is 10.2 Å². The van der Waals surface area contributed by atoms with E-state index in [9.17, 15) is 4.39 Å². The van der Waals surface area contributed by atoms with E-state index in [1.807, 2.05) is 6.07 Å². The Balaban J connectivity index is 1.85. The highest BCUT2D eigenvalue weighted by Crippen LogP contribution is 2.14. The summed E-state index contributed by atoms with van der Waals surface area (Å²) in [5.41, 5.74) is 1.08. The molecular formula is C14H18FN3. The molecule has 4 heteroatoms. The van der Waals surface area contributed by atoms with Crippen LogP contribution in [-0.2, 0) is 6.54 Å². The highest BCUT2D eigenvalue weighted by molar-refractivity contribution is 5.33. The quantitative estimate of drug-likeness (QED) is 0.881. The average Bonchev–Trinajstić information content (AvgIpc) is 2.77. The van der Waals surface area contributed by atoms with E-state index in [1.165, 1.54) is 18.6 Å². The summed E-state index contributed by atoms with van der Waals surface area (Å²) >= 11 is 0. The van der Waals surface area contributed by atoms with Crippen LogP contribution in [0.1, 0.15) is 17.5 Å². The van der Waals surface area contributed by atoms with Gasteiger partial charge in [-0.2, -0.15) is 5.26 Å². The standard InChI is InChI=1S/C14H18FN3/c1-18-5-4-12(10-18)8-17-9-13-6-11(7-16)2-3-14(13)15/h2-3,6,12,17H,4-5,8-10H2,1H3. The molecule has 0 aliphatic carbocycles. The van der Waals surface area contributed by atoms with E-state index in [0.717, 1.165) is 19.6 Å². The molecule has 1 N–H and O–H groups in total. The van der Waals surface area contributed by atoms with Gasteiger partial charge in [0, 0.05) is 18.7 Å². The van der Waals surface area contributed by atoms with Gasteiger partial charge in [-0.25, -0.2) is 4.39 Å². The normalized spacial score (nSPS) is 19.9. The lowest BCUT2D eigenvalue weighted by Crippen LogP contribution is -2.25. The van der Waals surface area contributed by atoms with Gasteiger partial charge in [-0.15, -0.1) is 0 Å². The second-order valence-corrected chi connectivity index (χ2v) is 4.97. The van der Waals surface area contributed by atoms with Crippen LogP contribution in [-0.4, -0.2) is 31.6 Å². The van der Waals surface area contributed by atoms with Crippen molar-refractivity contribution in [1.29, 1.82) is 5.26 Å². The van der Waals surface area contributed by atoms with Crippen molar-refractivity contribution in [3.8, 4) is 6.07 Å². The van der Waals surface area contributed by atoms with Gasteiger partial charge in [0.15, 0.2) is 0 Å². The largest absolute Gasteiger partial charge is 0.312 e. The number of nitrogens with one attached hydrogen (secondary N) is 1. The van der Waals surface area contributed by atoms with E-state index < -0.39 is 0 Å². The van der Waals surface area contributed by atoms with Gasteiger partial charge < -0.3 is 10.2 Å². The zero-order chi connectivity index (χ0) is 13.0. The zero-order valence-corrected chi connectivity index (χ0v) is 10.6. The Labute approximate surface area is 107 Å². The van der Waals surface area contributed by atoms with E-state index in [2.05, 4.69) is 17.3 Å². The molecule has 0 radical (unpaired) electrons. The van der Waals surface area contributed by atoms with Crippen LogP contribution < -0.4 is 5.32 Å². The van der Waals surface area contributed by atoms with Crippen LogP contribution in [0.3, 0.4) is 0 Å². The molecule has 0 aromatic heterocycles. The van der Waals surface area contributed by atoms with Gasteiger partial charge >= 0.3 is 0 Å². The molecule has 0 bridgehead atoms. The zero-order valence-electron chi connectivity index (χ0n) is 10.6. The molecule has 1 aliphatic rings. The Hall–Kier alpha value is -1.44. The summed E-state index contributed by atoms with van der Waals surface area (Å²) in [4.78, 5) is 2.31. The summed E-state index contributed by atoms with van der Waals surface area (Å²) < 4.78 is 13.5. The maximum atomic E-state index is 13.5. The molecule has 3 nitrogen and oxygen atoms in total. The van der Waals surface area contributed by atoms with Crippen LogP contribution in [0.4, 0.5) is 4.39 Å². The van der Waals surface area contributed by atoms with Crippen molar-refractivity contribution in [3.05, 3.63) is 35.1 Å². The third kappa shape index (κ3) is 3.28. The van der Waals surface area contributed by atoms with Gasteiger partial charge in [-0.1, -0.05) is 0 Å². The summed E-state index contributed by atoms with van der Waals surface area (Å²) in [5.74, 6) is 0.405. The maximum absolute atomic E-state index is 13.5. The Morgan fingerprint density at radius 1 is 1.56 bits per heavy atom. The van der Waals surface area contributed by atoms with Crippen LogP contribution in [0.15, 0.2) is 18.2 Å². The summed E-state index contributed by atoms with van der Waals surface area (Å²) in [6, 6.07) is 6.51. The molecular weight excluding hydrogens is 229 g/mol. The van der Waals surface area contributed by atoms with Crippen molar-refractivity contribution in [2.45, 2.75) is 13.0 Å². The van der Waals surface area contributed by atoms with Crippen molar-refractivity contribution in [2.24, 2.45) is 5.92 Å². The van der Waals surface area contributed by atoms with Gasteiger partial charge in [-0.05, 0) is 50.7 Å². The first-order valence-corrected chi connectivity index (χ1v) is 6.27. The minimum Gasteiger partial charge on any atom is -0.312 e. The minimum absolute atomic E-state index is 0.245. The second kappa shape index (κ2) is 5.94. The van der Waals surface area contributed by atoms with Crippen LogP contribution >= 0.6 is 0 Å². The number of rotatable bonds is 4. The number of likely N-dealkylation sites (tertiary alicyclic amines) is 1. The molecule has 96 valence electrons. The SMILES string of the molecule is CN1CCC(CNCc2cc(C#N)ccc2F)C1. The van der Waals surface area contributed by atoms with E-state index >= 15 is 0 Å². The van der Waals surface area contributed by atoms with Crippen molar-refractivity contribution in [2.75, 3.05) is 26.7 Å². The molecule has 1 unspecified atom stereocenters. The summed E-state index contributed by atoms with van der Waals surface area (Å²) in [6.45, 7) is 3.64. The first-order chi connectivity index (χ1) is 8.69. The molecule has 0 amide bonds. The van der Waals surface area contributed by atoms with Gasteiger partial charge in [0.1, 0.15) is 5.82 Å². The summed E-state index contributed by atoms with van der Waals surface area (Å²) in [6.07, 6.45) is 1.20. The monoisotopic (exact) mass is 247 g/mol. The highest BCUT2D eigenvalue weighted by Gasteiger charge is 2.18. The predicted octanol–water partition coefficient (Wildman–Crippen LogP) is 1.74. The molecule has 1 aliphatic heterocycles. The Bertz CT molecular complexity index is 453. The average molecular weight is 247 g/mol. The van der Waals surface area contributed by atoms with E-state index in [0.29, 0.717) is 23.6 Å². The molecule has 1 heterocycles. The first kappa shape index (κ1) is 13.0. The molecule has 1 aromatic carbocycles. The van der Waals surface area contributed by atoms with E-state index in [-0.39, 0.29) is 5.82 Å². The third-order valence-corrected chi connectivity index (χ3v) is 3.41. The van der Waals surface area contributed by atoms with Gasteiger partial charge in [0.05, 0.1) is 11.6 Å². The Morgan fingerprint density at radius 2 is 2.39 bits per heavy atom. The third-order valence-electron chi connectivity index (χ3n) is 3.41. The molecule has 18 heavy (non-hydrogen) atoms. The van der Waals surface area contributed by atoms with Crippen molar-refractivity contribution < 1.29 is 4.39 Å². The van der Waals surface area contributed by atoms with Gasteiger partial charge in [0.25, 0.3) is 0 Å². The van der Waals surface area contributed by atoms with Crippen molar-refractivity contribution >= 4 is 0 Å². The number of benzene rings is 1. The molecule has 1 atom stereocenters. The van der Waals surface area contributed by atoms with Crippen molar-refractivity contribution in [3.63, 3.8) is 0 Å². The molecule has 1 saturated heterocycles. The molecule has 1 fully saturated rings. The minimum atomic E-state index is -0.245. The van der Waals surface area contributed by atoms with Crippen LogP contribution in [0.5, 0.6) is 0 Å². The Kier molecular flexibility index (Phi) is 4.29. The fourth-order valence-electron chi connectivity index (χ4n) is 2.38. The maximum Gasteiger partial charge on any atom is 0.127 e. The number of halogens is 1. The number of hydrogen-bond acceptors (Lipinski definition) is 3. The Morgan fingerprint density at radius 3 is 3.06 bits per heavy atom. The number of nitrogens with zero attached hydrogens (tertiary/aromatic N) is 2. The second-order valence-electron chi connectivity index (χ2n) is 4.97. The topological polar surface area (TPSA) is 39.1 Å². The predicted molar refractivity (Wildman–Crippen MR) is 68.4 cm³/mol. The smallest absolute Gasteiger partial charge is 0.127 e. The van der Waals surface area contributed by atoms with Crippen LogP contribution in [0, 0.1) is 23.1 Å². The van der Waals surface area contributed by atoms with Gasteiger partial charge in [0.2, 0.25) is 0 Å². The number of hydrogen-bond donors (Lipinski definition) is 1. The molecule has 2 rings (SSSR count). The molecule has 0 saturated carbocycles. The summed E-state index contributed by atoms with van der Waals surface area (Å²) in [7, 11) is 2.12. The summed E-state index contributed by atoms with van der Waals surface area (Å²) in [5, 5.41) is 12.1. The lowest BCUT2D eigenvalue weighted by atomic mass is 10.1. The van der Waals surface area contributed by atoms with Crippen LogP contribution in [0.2, 0.25) is 0 Å². The van der Waals surface area contributed by atoms with E-state index in [4.69, 9.17) is 5.26 Å². The first-order valence-electron chi connectivity index (χ1n) is 6.27. The lowest BCUT2D eigenvalue weighted by molar-refractivity contribution is 0.387.